The van der Waals surface area contributed by atoms with Crippen molar-refractivity contribution in [2.24, 2.45) is 5.92 Å². The van der Waals surface area contributed by atoms with Gasteiger partial charge in [-0.2, -0.15) is 5.10 Å². The monoisotopic (exact) mass is 515 g/mol. The maximum Gasteiger partial charge on any atom is 0.324 e. The molecule has 0 saturated carbocycles. The third-order valence-corrected chi connectivity index (χ3v) is 6.97. The molecule has 3 aromatic rings. The van der Waals surface area contributed by atoms with Crippen LogP contribution >= 0.6 is 0 Å². The zero-order valence-corrected chi connectivity index (χ0v) is 22.9. The third-order valence-electron chi connectivity index (χ3n) is 6.97. The van der Waals surface area contributed by atoms with Gasteiger partial charge in [-0.15, -0.1) is 0 Å². The molecule has 2 heterocycles. The van der Waals surface area contributed by atoms with Crippen LogP contribution in [0.5, 0.6) is 0 Å². The number of piperidine rings is 1. The number of aryl methyl sites for hydroxylation is 1. The normalized spacial score (nSPS) is 14.3. The van der Waals surface area contributed by atoms with Crippen molar-refractivity contribution in [1.82, 2.24) is 14.7 Å². The highest BCUT2D eigenvalue weighted by molar-refractivity contribution is 6.35. The molecule has 1 aliphatic heterocycles. The molecule has 0 bridgehead atoms. The molecule has 200 valence electrons. The number of amides is 3. The zero-order chi connectivity index (χ0) is 27.4. The van der Waals surface area contributed by atoms with E-state index in [0.29, 0.717) is 24.8 Å². The van der Waals surface area contributed by atoms with Crippen LogP contribution < -0.4 is 10.6 Å². The maximum atomic E-state index is 13.2. The summed E-state index contributed by atoms with van der Waals surface area (Å²) in [7, 11) is 0. The standard InChI is InChI=1S/C30H37N5O3/c1-20-10-12-24(13-11-20)35-27(19-26(33-35)30(3,4)5)32-29(38)31-25-9-7-6-8-23(25)18-22-14-16-34(17-15-22)28(37)21(2)36/h6-13,19,22H,14-18H2,1-5H3,(H2,31,32,38). The average molecular weight is 516 g/mol. The van der Waals surface area contributed by atoms with Gasteiger partial charge < -0.3 is 10.2 Å². The Labute approximate surface area is 224 Å². The fraction of sp³-hybridized carbons (Fsp3) is 0.400. The van der Waals surface area contributed by atoms with Gasteiger partial charge in [0, 0.05) is 37.2 Å². The maximum absolute atomic E-state index is 13.2. The Kier molecular flexibility index (Phi) is 7.99. The van der Waals surface area contributed by atoms with Crippen molar-refractivity contribution in [2.75, 3.05) is 23.7 Å². The number of ketones is 1. The minimum atomic E-state index is -0.414. The van der Waals surface area contributed by atoms with Gasteiger partial charge in [-0.1, -0.05) is 56.7 Å². The van der Waals surface area contributed by atoms with Gasteiger partial charge in [-0.05, 0) is 55.9 Å². The SMILES string of the molecule is CC(=O)C(=O)N1CCC(Cc2ccccc2NC(=O)Nc2cc(C(C)(C)C)nn2-c2ccc(C)cc2)CC1. The predicted molar refractivity (Wildman–Crippen MR) is 150 cm³/mol. The molecule has 8 nitrogen and oxygen atoms in total. The second-order valence-electron chi connectivity index (χ2n) is 11.1. The minimum absolute atomic E-state index is 0.180. The minimum Gasteiger partial charge on any atom is -0.336 e. The van der Waals surface area contributed by atoms with Crippen molar-refractivity contribution < 1.29 is 14.4 Å². The molecule has 8 heteroatoms. The zero-order valence-electron chi connectivity index (χ0n) is 22.9. The quantitative estimate of drug-likeness (QED) is 0.424. The number of rotatable bonds is 6. The van der Waals surface area contributed by atoms with Crippen molar-refractivity contribution >= 4 is 29.2 Å². The van der Waals surface area contributed by atoms with E-state index in [4.69, 9.17) is 5.10 Å². The molecule has 0 radical (unpaired) electrons. The van der Waals surface area contributed by atoms with Crippen molar-refractivity contribution in [1.29, 1.82) is 0 Å². The molecule has 1 aliphatic rings. The largest absolute Gasteiger partial charge is 0.336 e. The van der Waals surface area contributed by atoms with Crippen LogP contribution in [0.25, 0.3) is 5.69 Å². The summed E-state index contributed by atoms with van der Waals surface area (Å²) in [6, 6.07) is 17.4. The number of nitrogens with zero attached hydrogens (tertiary/aromatic N) is 3. The van der Waals surface area contributed by atoms with Crippen LogP contribution in [0.3, 0.4) is 0 Å². The summed E-state index contributed by atoms with van der Waals surface area (Å²) < 4.78 is 1.77. The lowest BCUT2D eigenvalue weighted by atomic mass is 9.89. The highest BCUT2D eigenvalue weighted by atomic mass is 16.2. The Hall–Kier alpha value is -3.94. The lowest BCUT2D eigenvalue weighted by Crippen LogP contribution is -2.41. The van der Waals surface area contributed by atoms with E-state index in [1.807, 2.05) is 61.5 Å². The second-order valence-corrected chi connectivity index (χ2v) is 11.1. The van der Waals surface area contributed by atoms with Crippen molar-refractivity contribution in [2.45, 2.75) is 59.3 Å². The third kappa shape index (κ3) is 6.49. The number of hydrogen-bond acceptors (Lipinski definition) is 4. The topological polar surface area (TPSA) is 96.3 Å². The lowest BCUT2D eigenvalue weighted by molar-refractivity contribution is -0.144. The molecule has 0 atom stereocenters. The Morgan fingerprint density at radius 2 is 1.63 bits per heavy atom. The number of aromatic nitrogens is 2. The fourth-order valence-corrected chi connectivity index (χ4v) is 4.68. The smallest absolute Gasteiger partial charge is 0.324 e. The number of carbonyl (C=O) groups excluding carboxylic acids is 3. The number of para-hydroxylation sites is 1. The first kappa shape index (κ1) is 27.1. The van der Waals surface area contributed by atoms with E-state index >= 15 is 0 Å². The summed E-state index contributed by atoms with van der Waals surface area (Å²) in [5.74, 6) is 0.148. The number of benzene rings is 2. The number of urea groups is 1. The summed E-state index contributed by atoms with van der Waals surface area (Å²) in [5, 5.41) is 10.8. The van der Waals surface area contributed by atoms with E-state index in [-0.39, 0.29) is 11.4 Å². The number of hydrogen-bond donors (Lipinski definition) is 2. The van der Waals surface area contributed by atoms with Gasteiger partial charge in [0.1, 0.15) is 5.82 Å². The summed E-state index contributed by atoms with van der Waals surface area (Å²) in [5.41, 5.74) is 4.52. The van der Waals surface area contributed by atoms with Gasteiger partial charge in [0.05, 0.1) is 11.4 Å². The van der Waals surface area contributed by atoms with Gasteiger partial charge >= 0.3 is 6.03 Å². The van der Waals surface area contributed by atoms with E-state index in [1.54, 1.807) is 9.58 Å². The van der Waals surface area contributed by atoms with Crippen LogP contribution in [0, 0.1) is 12.8 Å². The van der Waals surface area contributed by atoms with E-state index < -0.39 is 11.7 Å². The molecule has 2 aromatic carbocycles. The summed E-state index contributed by atoms with van der Waals surface area (Å²) >= 11 is 0. The first-order valence-electron chi connectivity index (χ1n) is 13.1. The Bertz CT molecular complexity index is 1310. The first-order valence-corrected chi connectivity index (χ1v) is 13.1. The van der Waals surface area contributed by atoms with Gasteiger partial charge in [0.15, 0.2) is 0 Å². The molecule has 3 amide bonds. The molecular weight excluding hydrogens is 478 g/mol. The molecule has 2 N–H and O–H groups in total. The summed E-state index contributed by atoms with van der Waals surface area (Å²) in [6.45, 7) is 10.8. The number of Topliss-reactive ketones (excluding diaryl/α,β-unsaturated/α-hetero) is 1. The van der Waals surface area contributed by atoms with Crippen LogP contribution in [-0.2, 0) is 21.4 Å². The van der Waals surface area contributed by atoms with Crippen molar-refractivity contribution in [3.05, 3.63) is 71.4 Å². The van der Waals surface area contributed by atoms with Crippen LogP contribution in [0.2, 0.25) is 0 Å². The number of carbonyl (C=O) groups is 3. The average Bonchev–Trinajstić information content (AvgIpc) is 3.30. The van der Waals surface area contributed by atoms with E-state index in [1.165, 1.54) is 6.92 Å². The van der Waals surface area contributed by atoms with Crippen LogP contribution in [-0.4, -0.2) is 45.5 Å². The van der Waals surface area contributed by atoms with Crippen molar-refractivity contribution in [3.8, 4) is 5.69 Å². The Morgan fingerprint density at radius 1 is 0.974 bits per heavy atom. The Morgan fingerprint density at radius 3 is 2.26 bits per heavy atom. The lowest BCUT2D eigenvalue weighted by Gasteiger charge is -2.31. The molecule has 1 aromatic heterocycles. The van der Waals surface area contributed by atoms with E-state index in [9.17, 15) is 14.4 Å². The Balaban J connectivity index is 1.46. The summed E-state index contributed by atoms with van der Waals surface area (Å²) in [4.78, 5) is 38.2. The number of likely N-dealkylation sites (tertiary alicyclic amines) is 1. The molecule has 38 heavy (non-hydrogen) atoms. The second kappa shape index (κ2) is 11.2. The predicted octanol–water partition coefficient (Wildman–Crippen LogP) is 5.49. The molecule has 4 rings (SSSR count). The van der Waals surface area contributed by atoms with Gasteiger partial charge in [0.2, 0.25) is 5.78 Å². The van der Waals surface area contributed by atoms with E-state index in [2.05, 4.69) is 31.4 Å². The first-order chi connectivity index (χ1) is 18.0. The van der Waals surface area contributed by atoms with Crippen molar-refractivity contribution in [3.63, 3.8) is 0 Å². The molecule has 0 spiro atoms. The summed E-state index contributed by atoms with van der Waals surface area (Å²) in [6.07, 6.45) is 2.43. The van der Waals surface area contributed by atoms with Crippen LogP contribution in [0.15, 0.2) is 54.6 Å². The van der Waals surface area contributed by atoms with Crippen LogP contribution in [0.1, 0.15) is 57.4 Å². The molecule has 1 fully saturated rings. The number of anilines is 2. The molecule has 0 aliphatic carbocycles. The van der Waals surface area contributed by atoms with Gasteiger partial charge in [-0.25, -0.2) is 9.48 Å². The fourth-order valence-electron chi connectivity index (χ4n) is 4.68. The van der Waals surface area contributed by atoms with Gasteiger partial charge in [0.25, 0.3) is 5.91 Å². The highest BCUT2D eigenvalue weighted by Crippen LogP contribution is 2.28. The number of nitrogens with one attached hydrogen (secondary N) is 2. The molecule has 1 saturated heterocycles. The highest BCUT2D eigenvalue weighted by Gasteiger charge is 2.26. The van der Waals surface area contributed by atoms with E-state index in [0.717, 1.165) is 47.5 Å². The van der Waals surface area contributed by atoms with Crippen LogP contribution in [0.4, 0.5) is 16.3 Å². The molecular formula is C30H37N5O3. The van der Waals surface area contributed by atoms with Gasteiger partial charge in [-0.3, -0.25) is 14.9 Å². The molecule has 0 unspecified atom stereocenters.